The number of ether oxygens (including phenoxy) is 1. The Bertz CT molecular complexity index is 703. The summed E-state index contributed by atoms with van der Waals surface area (Å²) in [6, 6.07) is 6.77. The molecule has 8 heteroatoms. The largest absolute Gasteiger partial charge is 0.466 e. The zero-order chi connectivity index (χ0) is 18.2. The fraction of sp³-hybridized carbons (Fsp3) is 0.412. The third kappa shape index (κ3) is 4.94. The molecule has 0 radical (unpaired) electrons. The number of anilines is 1. The Morgan fingerprint density at radius 1 is 1.48 bits per heavy atom. The maximum absolute atomic E-state index is 11.8. The molecule has 2 amide bonds. The van der Waals surface area contributed by atoms with Crippen LogP contribution in [-0.4, -0.2) is 37.9 Å². The smallest absolute Gasteiger partial charge is 0.332 e. The number of nitrogens with zero attached hydrogens (tertiary/aromatic N) is 3. The molecule has 3 N–H and O–H groups in total. The van der Waals surface area contributed by atoms with E-state index in [0.29, 0.717) is 43.7 Å². The molecule has 0 aliphatic carbocycles. The van der Waals surface area contributed by atoms with Gasteiger partial charge in [-0.05, 0) is 37.5 Å². The highest BCUT2D eigenvalue weighted by Crippen LogP contribution is 2.27. The maximum atomic E-state index is 11.8. The van der Waals surface area contributed by atoms with Crippen molar-refractivity contribution >= 4 is 23.9 Å². The molecule has 0 spiro atoms. The number of carbonyl (C=O) groups excluding carboxylic acids is 2. The number of hydrogen-bond acceptors (Lipinski definition) is 6. The number of rotatable bonds is 5. The van der Waals surface area contributed by atoms with Crippen molar-refractivity contribution in [2.45, 2.75) is 19.8 Å². The van der Waals surface area contributed by atoms with E-state index < -0.39 is 6.03 Å². The van der Waals surface area contributed by atoms with Crippen molar-refractivity contribution in [3.8, 4) is 6.07 Å². The second kappa shape index (κ2) is 8.68. The minimum absolute atomic E-state index is 0.0759. The number of esters is 1. The zero-order valence-electron chi connectivity index (χ0n) is 14.1. The highest BCUT2D eigenvalue weighted by Gasteiger charge is 2.26. The van der Waals surface area contributed by atoms with Crippen LogP contribution in [0.5, 0.6) is 0 Å². The molecule has 132 valence electrons. The van der Waals surface area contributed by atoms with Crippen LogP contribution in [0.15, 0.2) is 23.3 Å². The summed E-state index contributed by atoms with van der Waals surface area (Å²) in [6.07, 6.45) is 2.83. The van der Waals surface area contributed by atoms with E-state index in [4.69, 9.17) is 10.5 Å². The molecule has 1 fully saturated rings. The van der Waals surface area contributed by atoms with Gasteiger partial charge in [-0.25, -0.2) is 10.2 Å². The molecule has 1 heterocycles. The third-order valence-electron chi connectivity index (χ3n) is 3.99. The predicted molar refractivity (Wildman–Crippen MR) is 93.0 cm³/mol. The zero-order valence-corrected chi connectivity index (χ0v) is 14.1. The molecule has 1 aliphatic rings. The fourth-order valence-corrected chi connectivity index (χ4v) is 2.79. The number of piperidine rings is 1. The van der Waals surface area contributed by atoms with Gasteiger partial charge in [0.2, 0.25) is 0 Å². The van der Waals surface area contributed by atoms with Crippen LogP contribution in [0.3, 0.4) is 0 Å². The Morgan fingerprint density at radius 2 is 2.20 bits per heavy atom. The van der Waals surface area contributed by atoms with Crippen LogP contribution in [0.4, 0.5) is 10.5 Å². The van der Waals surface area contributed by atoms with E-state index >= 15 is 0 Å². The number of carbonyl (C=O) groups is 2. The van der Waals surface area contributed by atoms with Gasteiger partial charge in [0.25, 0.3) is 0 Å². The first-order valence-electron chi connectivity index (χ1n) is 8.09. The number of urea groups is 1. The highest BCUT2D eigenvalue weighted by molar-refractivity contribution is 5.83. The average molecular weight is 343 g/mol. The molecular formula is C17H21N5O3. The maximum Gasteiger partial charge on any atom is 0.332 e. The van der Waals surface area contributed by atoms with Crippen LogP contribution in [0.25, 0.3) is 0 Å². The summed E-state index contributed by atoms with van der Waals surface area (Å²) in [6.45, 7) is 3.57. The highest BCUT2D eigenvalue weighted by atomic mass is 16.5. The lowest BCUT2D eigenvalue weighted by Crippen LogP contribution is -2.37. The molecule has 2 rings (SSSR count). The van der Waals surface area contributed by atoms with Gasteiger partial charge in [0.1, 0.15) is 6.07 Å². The molecule has 0 unspecified atom stereocenters. The topological polar surface area (TPSA) is 121 Å². The number of nitrogens with one attached hydrogen (secondary N) is 1. The van der Waals surface area contributed by atoms with Gasteiger partial charge in [-0.1, -0.05) is 6.07 Å². The van der Waals surface area contributed by atoms with Crippen LogP contribution in [0.1, 0.15) is 30.9 Å². The lowest BCUT2D eigenvalue weighted by molar-refractivity contribution is -0.148. The van der Waals surface area contributed by atoms with Crippen molar-refractivity contribution in [2.24, 2.45) is 16.8 Å². The van der Waals surface area contributed by atoms with Gasteiger partial charge in [0.15, 0.2) is 0 Å². The van der Waals surface area contributed by atoms with Gasteiger partial charge in [0, 0.05) is 13.1 Å². The van der Waals surface area contributed by atoms with E-state index in [0.717, 1.165) is 5.69 Å². The first kappa shape index (κ1) is 18.3. The Morgan fingerprint density at radius 3 is 2.80 bits per heavy atom. The molecule has 0 bridgehead atoms. The Labute approximate surface area is 146 Å². The second-order valence-electron chi connectivity index (χ2n) is 5.64. The van der Waals surface area contributed by atoms with E-state index in [1.807, 2.05) is 6.07 Å². The van der Waals surface area contributed by atoms with E-state index in [1.165, 1.54) is 6.21 Å². The summed E-state index contributed by atoms with van der Waals surface area (Å²) in [4.78, 5) is 24.5. The normalized spacial score (nSPS) is 15.0. The molecule has 0 atom stereocenters. The minimum Gasteiger partial charge on any atom is -0.466 e. The lowest BCUT2D eigenvalue weighted by atomic mass is 9.96. The summed E-state index contributed by atoms with van der Waals surface area (Å²) in [5, 5.41) is 13.1. The van der Waals surface area contributed by atoms with Crippen LogP contribution in [-0.2, 0) is 9.53 Å². The number of nitriles is 1. The van der Waals surface area contributed by atoms with Crippen LogP contribution in [0, 0.1) is 17.2 Å². The SMILES string of the molecule is CCOC(=O)C1CCN(c2ccc(C=NNC(N)=O)cc2C#N)CC1. The van der Waals surface area contributed by atoms with E-state index in [-0.39, 0.29) is 11.9 Å². The molecule has 0 aromatic heterocycles. The predicted octanol–water partition coefficient (Wildman–Crippen LogP) is 1.34. The molecule has 1 aromatic rings. The van der Waals surface area contributed by atoms with E-state index in [1.54, 1.807) is 19.1 Å². The average Bonchev–Trinajstić information content (AvgIpc) is 2.61. The lowest BCUT2D eigenvalue weighted by Gasteiger charge is -2.33. The van der Waals surface area contributed by atoms with Crippen molar-refractivity contribution in [1.82, 2.24) is 5.43 Å². The third-order valence-corrected chi connectivity index (χ3v) is 3.99. The van der Waals surface area contributed by atoms with Crippen molar-refractivity contribution in [2.75, 3.05) is 24.6 Å². The number of hydrogen-bond donors (Lipinski definition) is 2. The van der Waals surface area contributed by atoms with Gasteiger partial charge in [-0.3, -0.25) is 4.79 Å². The molecule has 0 saturated carbocycles. The van der Waals surface area contributed by atoms with Crippen molar-refractivity contribution < 1.29 is 14.3 Å². The minimum atomic E-state index is -0.752. The molecule has 1 aromatic carbocycles. The van der Waals surface area contributed by atoms with Crippen LogP contribution in [0.2, 0.25) is 0 Å². The van der Waals surface area contributed by atoms with Crippen molar-refractivity contribution in [3.05, 3.63) is 29.3 Å². The first-order valence-corrected chi connectivity index (χ1v) is 8.09. The van der Waals surface area contributed by atoms with Gasteiger partial charge in [0.05, 0.1) is 30.0 Å². The standard InChI is InChI=1S/C17H21N5O3/c1-2-25-16(23)13-5-7-22(8-6-13)15-4-3-12(9-14(15)10-18)11-20-21-17(19)24/h3-4,9,11,13H,2,5-8H2,1H3,(H3,19,21,24). The monoisotopic (exact) mass is 343 g/mol. The number of nitrogens with two attached hydrogens (primary N) is 1. The molecule has 25 heavy (non-hydrogen) atoms. The number of benzene rings is 1. The van der Waals surface area contributed by atoms with Gasteiger partial charge in [-0.15, -0.1) is 0 Å². The summed E-state index contributed by atoms with van der Waals surface area (Å²) in [5.74, 6) is -0.218. The van der Waals surface area contributed by atoms with Crippen LogP contribution < -0.4 is 16.1 Å². The van der Waals surface area contributed by atoms with Crippen LogP contribution >= 0.6 is 0 Å². The van der Waals surface area contributed by atoms with Gasteiger partial charge in [-0.2, -0.15) is 10.4 Å². The van der Waals surface area contributed by atoms with E-state index in [9.17, 15) is 14.9 Å². The fourth-order valence-electron chi connectivity index (χ4n) is 2.79. The molecule has 1 saturated heterocycles. The Kier molecular flexibility index (Phi) is 6.34. The van der Waals surface area contributed by atoms with Crippen molar-refractivity contribution in [3.63, 3.8) is 0 Å². The number of primary amides is 1. The Hall–Kier alpha value is -3.08. The second-order valence-corrected chi connectivity index (χ2v) is 5.64. The number of hydrazone groups is 1. The van der Waals surface area contributed by atoms with Gasteiger partial charge >= 0.3 is 12.0 Å². The number of amides is 2. The molecule has 1 aliphatic heterocycles. The molecular weight excluding hydrogens is 322 g/mol. The van der Waals surface area contributed by atoms with Gasteiger partial charge < -0.3 is 15.4 Å². The quantitative estimate of drug-likeness (QED) is 0.475. The molecule has 8 nitrogen and oxygen atoms in total. The van der Waals surface area contributed by atoms with Crippen molar-refractivity contribution in [1.29, 1.82) is 5.26 Å². The summed E-state index contributed by atoms with van der Waals surface area (Å²) >= 11 is 0. The Balaban J connectivity index is 2.05. The summed E-state index contributed by atoms with van der Waals surface area (Å²) < 4.78 is 5.07. The summed E-state index contributed by atoms with van der Waals surface area (Å²) in [5.41, 5.74) is 9.05. The first-order chi connectivity index (χ1) is 12.0. The summed E-state index contributed by atoms with van der Waals surface area (Å²) in [7, 11) is 0. The van der Waals surface area contributed by atoms with E-state index in [2.05, 4.69) is 21.5 Å².